The summed E-state index contributed by atoms with van der Waals surface area (Å²) in [4.78, 5) is 20.8. The van der Waals surface area contributed by atoms with Gasteiger partial charge in [-0.1, -0.05) is 0 Å². The number of hydrogen-bond donors (Lipinski definition) is 2. The average Bonchev–Trinajstić information content (AvgIpc) is 2.50. The van der Waals surface area contributed by atoms with Gasteiger partial charge in [-0.05, 0) is 73.0 Å². The van der Waals surface area contributed by atoms with Gasteiger partial charge < -0.3 is 25.2 Å². The summed E-state index contributed by atoms with van der Waals surface area (Å²) >= 11 is 0. The molecule has 0 unspecified atom stereocenters. The van der Waals surface area contributed by atoms with Crippen LogP contribution in [-0.2, 0) is 4.74 Å². The van der Waals surface area contributed by atoms with Crippen molar-refractivity contribution in [1.29, 1.82) is 0 Å². The molecule has 2 N–H and O–H groups in total. The molecular formula is C19H38IN5O2. The lowest BCUT2D eigenvalue weighted by Gasteiger charge is -2.40. The van der Waals surface area contributed by atoms with Gasteiger partial charge >= 0.3 is 6.09 Å². The van der Waals surface area contributed by atoms with Crippen molar-refractivity contribution < 1.29 is 9.53 Å². The number of ether oxygens (including phenoxy) is 1. The molecule has 0 aromatic heterocycles. The minimum atomic E-state index is -0.445. The van der Waals surface area contributed by atoms with Gasteiger partial charge in [0.15, 0.2) is 5.96 Å². The smallest absolute Gasteiger partial charge is 0.410 e. The van der Waals surface area contributed by atoms with Crippen LogP contribution in [0.3, 0.4) is 0 Å². The Kier molecular flexibility index (Phi) is 10.1. The Bertz CT molecular complexity index is 481. The summed E-state index contributed by atoms with van der Waals surface area (Å²) in [6, 6.07) is 0.239. The molecule has 0 spiro atoms. The molecule has 27 heavy (non-hydrogen) atoms. The predicted octanol–water partition coefficient (Wildman–Crippen LogP) is 2.51. The fourth-order valence-electron chi connectivity index (χ4n) is 3.27. The monoisotopic (exact) mass is 495 g/mol. The molecule has 0 saturated carbocycles. The van der Waals surface area contributed by atoms with Crippen LogP contribution >= 0.6 is 24.0 Å². The molecule has 8 heteroatoms. The van der Waals surface area contributed by atoms with Crippen molar-refractivity contribution in [2.45, 2.75) is 58.6 Å². The van der Waals surface area contributed by atoms with E-state index in [2.05, 4.69) is 29.5 Å². The number of nitrogens with one attached hydrogen (secondary N) is 2. The van der Waals surface area contributed by atoms with Gasteiger partial charge in [-0.2, -0.15) is 0 Å². The van der Waals surface area contributed by atoms with Crippen LogP contribution in [0.4, 0.5) is 4.79 Å². The average molecular weight is 495 g/mol. The Labute approximate surface area is 181 Å². The second kappa shape index (κ2) is 11.3. The molecule has 2 fully saturated rings. The van der Waals surface area contributed by atoms with Gasteiger partial charge in [0.2, 0.25) is 0 Å². The van der Waals surface area contributed by atoms with Crippen LogP contribution in [-0.4, -0.2) is 79.8 Å². The highest BCUT2D eigenvalue weighted by atomic mass is 127. The zero-order valence-electron chi connectivity index (χ0n) is 17.6. The summed E-state index contributed by atoms with van der Waals surface area (Å²) in [6.07, 6.45) is 3.48. The first-order valence-electron chi connectivity index (χ1n) is 9.98. The van der Waals surface area contributed by atoms with E-state index in [9.17, 15) is 4.79 Å². The SMILES string of the molecule is CCNC(=NCCC1CCN(C)CC1)NC1CN(C(=O)OC(C)(C)C)C1.I. The van der Waals surface area contributed by atoms with Gasteiger partial charge in [-0.3, -0.25) is 4.99 Å². The molecule has 1 amide bonds. The number of guanidine groups is 1. The zero-order valence-corrected chi connectivity index (χ0v) is 19.9. The first-order chi connectivity index (χ1) is 12.3. The molecular weight excluding hydrogens is 457 g/mol. The number of halogens is 1. The van der Waals surface area contributed by atoms with Gasteiger partial charge in [-0.25, -0.2) is 4.79 Å². The van der Waals surface area contributed by atoms with Gasteiger partial charge in [-0.15, -0.1) is 24.0 Å². The highest BCUT2D eigenvalue weighted by Gasteiger charge is 2.34. The van der Waals surface area contributed by atoms with Crippen molar-refractivity contribution in [1.82, 2.24) is 20.4 Å². The zero-order chi connectivity index (χ0) is 19.2. The maximum atomic E-state index is 12.0. The van der Waals surface area contributed by atoms with Crippen molar-refractivity contribution in [3.8, 4) is 0 Å². The fourth-order valence-corrected chi connectivity index (χ4v) is 3.27. The molecule has 2 aliphatic heterocycles. The van der Waals surface area contributed by atoms with Crippen LogP contribution < -0.4 is 10.6 Å². The Morgan fingerprint density at radius 3 is 2.41 bits per heavy atom. The summed E-state index contributed by atoms with van der Waals surface area (Å²) in [7, 11) is 2.20. The molecule has 0 radical (unpaired) electrons. The Morgan fingerprint density at radius 1 is 1.22 bits per heavy atom. The van der Waals surface area contributed by atoms with E-state index >= 15 is 0 Å². The molecule has 0 aliphatic carbocycles. The molecule has 2 aliphatic rings. The van der Waals surface area contributed by atoms with E-state index in [-0.39, 0.29) is 36.1 Å². The first kappa shape index (κ1) is 24.3. The van der Waals surface area contributed by atoms with E-state index < -0.39 is 5.60 Å². The number of rotatable bonds is 5. The van der Waals surface area contributed by atoms with Crippen LogP contribution in [0.1, 0.15) is 47.0 Å². The Morgan fingerprint density at radius 2 is 1.85 bits per heavy atom. The van der Waals surface area contributed by atoms with Crippen LogP contribution in [0.5, 0.6) is 0 Å². The van der Waals surface area contributed by atoms with E-state index in [0.717, 1.165) is 31.4 Å². The molecule has 0 aromatic rings. The number of amides is 1. The lowest BCUT2D eigenvalue weighted by molar-refractivity contribution is 0.00700. The lowest BCUT2D eigenvalue weighted by Crippen LogP contribution is -2.63. The number of carbonyl (C=O) groups excluding carboxylic acids is 1. The third-order valence-electron chi connectivity index (χ3n) is 4.86. The number of nitrogens with zero attached hydrogens (tertiary/aromatic N) is 3. The standard InChI is InChI=1S/C19H37N5O2.HI/c1-6-20-17(21-10-7-15-8-11-23(5)12-9-15)22-16-13-24(14-16)18(25)26-19(2,3)4;/h15-16H,6-14H2,1-5H3,(H2,20,21,22);1H. The van der Waals surface area contributed by atoms with Gasteiger partial charge in [0.25, 0.3) is 0 Å². The van der Waals surface area contributed by atoms with E-state index in [1.807, 2.05) is 20.8 Å². The largest absolute Gasteiger partial charge is 0.444 e. The predicted molar refractivity (Wildman–Crippen MR) is 121 cm³/mol. The summed E-state index contributed by atoms with van der Waals surface area (Å²) < 4.78 is 5.39. The van der Waals surface area contributed by atoms with E-state index in [0.29, 0.717) is 13.1 Å². The fraction of sp³-hybridized carbons (Fsp3) is 0.895. The Balaban J connectivity index is 0.00000364. The summed E-state index contributed by atoms with van der Waals surface area (Å²) in [5, 5.41) is 6.73. The van der Waals surface area contributed by atoms with Crippen molar-refractivity contribution >= 4 is 36.0 Å². The van der Waals surface area contributed by atoms with Crippen molar-refractivity contribution in [3.05, 3.63) is 0 Å². The molecule has 2 saturated heterocycles. The molecule has 0 atom stereocenters. The first-order valence-corrected chi connectivity index (χ1v) is 9.98. The van der Waals surface area contributed by atoms with Gasteiger partial charge in [0.05, 0.1) is 6.04 Å². The van der Waals surface area contributed by atoms with Crippen molar-refractivity contribution in [2.75, 3.05) is 46.3 Å². The maximum Gasteiger partial charge on any atom is 0.410 e. The minimum Gasteiger partial charge on any atom is -0.444 e. The molecule has 2 heterocycles. The van der Waals surface area contributed by atoms with E-state index in [1.54, 1.807) is 4.90 Å². The third-order valence-corrected chi connectivity index (χ3v) is 4.86. The topological polar surface area (TPSA) is 69.2 Å². The summed E-state index contributed by atoms with van der Waals surface area (Å²) in [5.74, 6) is 1.65. The number of hydrogen-bond acceptors (Lipinski definition) is 4. The maximum absolute atomic E-state index is 12.0. The highest BCUT2D eigenvalue weighted by Crippen LogP contribution is 2.19. The summed E-state index contributed by atoms with van der Waals surface area (Å²) in [6.45, 7) is 13.2. The third kappa shape index (κ3) is 8.85. The normalized spacial score (nSPS) is 19.9. The minimum absolute atomic E-state index is 0. The van der Waals surface area contributed by atoms with Crippen LogP contribution in [0.25, 0.3) is 0 Å². The van der Waals surface area contributed by atoms with Crippen LogP contribution in [0, 0.1) is 5.92 Å². The molecule has 0 aromatic carbocycles. The highest BCUT2D eigenvalue weighted by molar-refractivity contribution is 14.0. The number of likely N-dealkylation sites (tertiary alicyclic amines) is 2. The molecule has 7 nitrogen and oxygen atoms in total. The van der Waals surface area contributed by atoms with Crippen molar-refractivity contribution in [2.24, 2.45) is 10.9 Å². The van der Waals surface area contributed by atoms with E-state index in [1.165, 1.54) is 25.9 Å². The van der Waals surface area contributed by atoms with Gasteiger partial charge in [0.1, 0.15) is 5.60 Å². The molecule has 0 bridgehead atoms. The van der Waals surface area contributed by atoms with Crippen molar-refractivity contribution in [3.63, 3.8) is 0 Å². The molecule has 158 valence electrons. The number of aliphatic imine (C=N–C) groups is 1. The quantitative estimate of drug-likeness (QED) is 0.349. The van der Waals surface area contributed by atoms with Gasteiger partial charge in [0, 0.05) is 26.2 Å². The van der Waals surface area contributed by atoms with E-state index in [4.69, 9.17) is 9.73 Å². The van der Waals surface area contributed by atoms with Crippen LogP contribution in [0.15, 0.2) is 4.99 Å². The lowest BCUT2D eigenvalue weighted by atomic mass is 9.94. The number of piperidine rings is 1. The number of carbonyl (C=O) groups is 1. The summed E-state index contributed by atoms with van der Waals surface area (Å²) in [5.41, 5.74) is -0.445. The molecule has 2 rings (SSSR count). The second-order valence-electron chi connectivity index (χ2n) is 8.52. The van der Waals surface area contributed by atoms with Crippen LogP contribution in [0.2, 0.25) is 0 Å². The second-order valence-corrected chi connectivity index (χ2v) is 8.52. The Hall–Kier alpha value is -0.770.